The van der Waals surface area contributed by atoms with Crippen molar-refractivity contribution >= 4 is 50.5 Å². The van der Waals surface area contributed by atoms with Crippen molar-refractivity contribution in [1.29, 1.82) is 0 Å². The van der Waals surface area contributed by atoms with Crippen molar-refractivity contribution in [2.45, 2.75) is 4.90 Å². The maximum Gasteiger partial charge on any atom is 0.344 e. The first-order valence-corrected chi connectivity index (χ1v) is 12.5. The second-order valence-corrected chi connectivity index (χ2v) is 9.76. The summed E-state index contributed by atoms with van der Waals surface area (Å²) in [5, 5.41) is 5.96. The minimum Gasteiger partial charge on any atom is -0.423 e. The molecule has 0 saturated carbocycles. The number of esters is 1. The van der Waals surface area contributed by atoms with Gasteiger partial charge in [0.25, 0.3) is 5.91 Å². The Bertz CT molecular complexity index is 1530. The van der Waals surface area contributed by atoms with Crippen molar-refractivity contribution in [3.63, 3.8) is 0 Å². The second kappa shape index (κ2) is 11.1. The molecule has 182 valence electrons. The Morgan fingerprint density at radius 3 is 2.33 bits per heavy atom. The maximum absolute atomic E-state index is 12.6. The highest BCUT2D eigenvalue weighted by Crippen LogP contribution is 2.21. The maximum atomic E-state index is 12.6. The van der Waals surface area contributed by atoms with E-state index in [-0.39, 0.29) is 4.90 Å². The zero-order valence-electron chi connectivity index (χ0n) is 18.7. The van der Waals surface area contributed by atoms with Crippen LogP contribution in [0.5, 0.6) is 5.75 Å². The summed E-state index contributed by atoms with van der Waals surface area (Å²) in [5.74, 6) is -0.767. The van der Waals surface area contributed by atoms with E-state index in [0.29, 0.717) is 21.9 Å². The Hall–Kier alpha value is -4.05. The SMILES string of the molecule is O=C(CNS(=O)(=O)c1ccc(Cl)cc1)N/N=C/c1ccc(OC(=O)c2cccc3ccccc23)cc1. The summed E-state index contributed by atoms with van der Waals surface area (Å²) in [6.07, 6.45) is 1.38. The number of rotatable bonds is 8. The Balaban J connectivity index is 1.29. The number of amides is 1. The van der Waals surface area contributed by atoms with Gasteiger partial charge in [-0.05, 0) is 70.9 Å². The van der Waals surface area contributed by atoms with E-state index in [2.05, 4.69) is 15.2 Å². The highest BCUT2D eigenvalue weighted by molar-refractivity contribution is 7.89. The van der Waals surface area contributed by atoms with Gasteiger partial charge in [0, 0.05) is 5.02 Å². The number of hydrazone groups is 1. The van der Waals surface area contributed by atoms with Gasteiger partial charge in [-0.25, -0.2) is 23.4 Å². The van der Waals surface area contributed by atoms with Crippen molar-refractivity contribution in [2.75, 3.05) is 6.54 Å². The summed E-state index contributed by atoms with van der Waals surface area (Å²) in [5.41, 5.74) is 3.34. The molecule has 36 heavy (non-hydrogen) atoms. The van der Waals surface area contributed by atoms with E-state index in [1.165, 1.54) is 30.5 Å². The Morgan fingerprint density at radius 2 is 1.58 bits per heavy atom. The van der Waals surface area contributed by atoms with E-state index in [1.54, 1.807) is 36.4 Å². The monoisotopic (exact) mass is 521 g/mol. The van der Waals surface area contributed by atoms with Gasteiger partial charge in [0.2, 0.25) is 10.0 Å². The molecule has 0 fully saturated rings. The number of nitrogens with one attached hydrogen (secondary N) is 2. The average molecular weight is 522 g/mol. The van der Waals surface area contributed by atoms with Gasteiger partial charge in [-0.3, -0.25) is 4.79 Å². The third kappa shape index (κ3) is 6.33. The molecule has 4 rings (SSSR count). The molecule has 0 aromatic heterocycles. The number of nitrogens with zero attached hydrogens (tertiary/aromatic N) is 1. The molecular weight excluding hydrogens is 502 g/mol. The molecule has 0 aliphatic rings. The van der Waals surface area contributed by atoms with Crippen molar-refractivity contribution in [3.8, 4) is 5.75 Å². The fraction of sp³-hybridized carbons (Fsp3) is 0.0385. The van der Waals surface area contributed by atoms with Crippen molar-refractivity contribution in [2.24, 2.45) is 5.10 Å². The summed E-state index contributed by atoms with van der Waals surface area (Å²) in [6, 6.07) is 25.1. The van der Waals surface area contributed by atoms with Gasteiger partial charge in [-0.2, -0.15) is 5.10 Å². The number of hydrogen-bond acceptors (Lipinski definition) is 6. The van der Waals surface area contributed by atoms with Crippen LogP contribution in [0.4, 0.5) is 0 Å². The molecule has 4 aromatic carbocycles. The fourth-order valence-electron chi connectivity index (χ4n) is 3.26. The molecule has 0 atom stereocenters. The molecule has 0 bridgehead atoms. The summed E-state index contributed by atoms with van der Waals surface area (Å²) in [4.78, 5) is 24.6. The first-order chi connectivity index (χ1) is 17.3. The molecule has 0 aliphatic heterocycles. The van der Waals surface area contributed by atoms with Crippen LogP contribution in [-0.2, 0) is 14.8 Å². The smallest absolute Gasteiger partial charge is 0.344 e. The van der Waals surface area contributed by atoms with Crippen molar-refractivity contribution in [1.82, 2.24) is 10.1 Å². The lowest BCUT2D eigenvalue weighted by molar-refractivity contribution is -0.119. The van der Waals surface area contributed by atoms with Crippen LogP contribution >= 0.6 is 11.6 Å². The Morgan fingerprint density at radius 1 is 0.889 bits per heavy atom. The number of fused-ring (bicyclic) bond motifs is 1. The zero-order chi connectivity index (χ0) is 25.5. The van der Waals surface area contributed by atoms with Gasteiger partial charge in [0.1, 0.15) is 5.75 Å². The third-order valence-electron chi connectivity index (χ3n) is 5.05. The van der Waals surface area contributed by atoms with Crippen LogP contribution in [-0.4, -0.2) is 33.1 Å². The normalized spacial score (nSPS) is 11.5. The van der Waals surface area contributed by atoms with Crippen LogP contribution in [0.2, 0.25) is 5.02 Å². The predicted octanol–water partition coefficient (Wildman–Crippen LogP) is 4.14. The summed E-state index contributed by atoms with van der Waals surface area (Å²) in [7, 11) is -3.86. The minimum absolute atomic E-state index is 0.00978. The topological polar surface area (TPSA) is 114 Å². The lowest BCUT2D eigenvalue weighted by Crippen LogP contribution is -2.34. The van der Waals surface area contributed by atoms with Crippen LogP contribution in [0, 0.1) is 0 Å². The number of halogens is 1. The number of carbonyl (C=O) groups is 2. The summed E-state index contributed by atoms with van der Waals surface area (Å²) < 4.78 is 32.1. The first kappa shape index (κ1) is 25.1. The third-order valence-corrected chi connectivity index (χ3v) is 6.72. The molecule has 4 aromatic rings. The zero-order valence-corrected chi connectivity index (χ0v) is 20.3. The van der Waals surface area contributed by atoms with Gasteiger partial charge in [0.15, 0.2) is 0 Å². The second-order valence-electron chi connectivity index (χ2n) is 7.56. The molecule has 0 heterocycles. The van der Waals surface area contributed by atoms with E-state index in [9.17, 15) is 18.0 Å². The molecule has 0 spiro atoms. The Kier molecular flexibility index (Phi) is 7.74. The van der Waals surface area contributed by atoms with Crippen molar-refractivity contribution in [3.05, 3.63) is 107 Å². The quantitative estimate of drug-likeness (QED) is 0.156. The van der Waals surface area contributed by atoms with E-state index in [4.69, 9.17) is 16.3 Å². The van der Waals surface area contributed by atoms with E-state index < -0.39 is 28.4 Å². The fourth-order valence-corrected chi connectivity index (χ4v) is 4.37. The first-order valence-electron chi connectivity index (χ1n) is 10.7. The molecule has 0 aliphatic carbocycles. The number of carbonyl (C=O) groups excluding carboxylic acids is 2. The standard InChI is InChI=1S/C26H20ClN3O5S/c27-20-10-14-22(15-11-20)36(33,34)29-17-25(31)30-28-16-18-8-12-21(13-9-18)35-26(32)24-7-3-5-19-4-1-2-6-23(19)24/h1-16,29H,17H2,(H,30,31)/b28-16+. The highest BCUT2D eigenvalue weighted by atomic mass is 35.5. The molecular formula is C26H20ClN3O5S. The van der Waals surface area contributed by atoms with Gasteiger partial charge >= 0.3 is 5.97 Å². The molecule has 0 saturated heterocycles. The molecule has 2 N–H and O–H groups in total. The predicted molar refractivity (Wildman–Crippen MR) is 138 cm³/mol. The van der Waals surface area contributed by atoms with Crippen LogP contribution in [0.1, 0.15) is 15.9 Å². The van der Waals surface area contributed by atoms with E-state index in [0.717, 1.165) is 10.8 Å². The molecule has 8 nitrogen and oxygen atoms in total. The lowest BCUT2D eigenvalue weighted by Gasteiger charge is -2.07. The van der Waals surface area contributed by atoms with Crippen LogP contribution < -0.4 is 14.9 Å². The van der Waals surface area contributed by atoms with E-state index >= 15 is 0 Å². The molecule has 1 amide bonds. The summed E-state index contributed by atoms with van der Waals surface area (Å²) >= 11 is 5.76. The van der Waals surface area contributed by atoms with Gasteiger partial charge < -0.3 is 4.74 Å². The minimum atomic E-state index is -3.86. The number of benzene rings is 4. The molecule has 10 heteroatoms. The molecule has 0 unspecified atom stereocenters. The largest absolute Gasteiger partial charge is 0.423 e. The summed E-state index contributed by atoms with van der Waals surface area (Å²) in [6.45, 7) is -0.495. The number of ether oxygens (including phenoxy) is 1. The average Bonchev–Trinajstić information content (AvgIpc) is 2.88. The number of sulfonamides is 1. The van der Waals surface area contributed by atoms with E-state index in [1.807, 2.05) is 30.3 Å². The lowest BCUT2D eigenvalue weighted by atomic mass is 10.0. The van der Waals surface area contributed by atoms with Crippen LogP contribution in [0.25, 0.3) is 10.8 Å². The van der Waals surface area contributed by atoms with Crippen LogP contribution in [0.15, 0.2) is 101 Å². The number of hydrogen-bond donors (Lipinski definition) is 2. The van der Waals surface area contributed by atoms with Gasteiger partial charge in [-0.15, -0.1) is 0 Å². The van der Waals surface area contributed by atoms with Gasteiger partial charge in [-0.1, -0.05) is 48.0 Å². The van der Waals surface area contributed by atoms with Gasteiger partial charge in [0.05, 0.1) is 23.2 Å². The highest BCUT2D eigenvalue weighted by Gasteiger charge is 2.15. The van der Waals surface area contributed by atoms with Crippen molar-refractivity contribution < 1.29 is 22.7 Å². The molecule has 0 radical (unpaired) electrons. The van der Waals surface area contributed by atoms with Crippen LogP contribution in [0.3, 0.4) is 0 Å². The Labute approximate surface area is 212 Å².